The lowest BCUT2D eigenvalue weighted by molar-refractivity contribution is 0.0696. The summed E-state index contributed by atoms with van der Waals surface area (Å²) < 4.78 is 1.41. The van der Waals surface area contributed by atoms with Crippen LogP contribution in [0.5, 0.6) is 0 Å². The highest BCUT2D eigenvalue weighted by Gasteiger charge is 2.05. The van der Waals surface area contributed by atoms with E-state index in [9.17, 15) is 9.59 Å². The van der Waals surface area contributed by atoms with Crippen molar-refractivity contribution in [1.29, 1.82) is 0 Å². The molecule has 0 saturated heterocycles. The summed E-state index contributed by atoms with van der Waals surface area (Å²) in [5, 5.41) is 8.73. The maximum atomic E-state index is 11.6. The molecule has 0 fully saturated rings. The third-order valence-electron chi connectivity index (χ3n) is 2.30. The summed E-state index contributed by atoms with van der Waals surface area (Å²) in [6.45, 7) is 0.333. The molecule has 0 bridgehead atoms. The first-order valence-corrected chi connectivity index (χ1v) is 5.00. The number of aromatic nitrogens is 2. The van der Waals surface area contributed by atoms with Gasteiger partial charge in [-0.05, 0) is 18.2 Å². The van der Waals surface area contributed by atoms with Gasteiger partial charge < -0.3 is 9.67 Å². The molecule has 0 atom stereocenters. The monoisotopic (exact) mass is 230 g/mol. The number of carboxylic acid groups (broad SMARTS) is 1. The van der Waals surface area contributed by atoms with Crippen LogP contribution in [0.1, 0.15) is 16.1 Å². The molecule has 0 aromatic carbocycles. The Labute approximate surface area is 97.0 Å². The average molecular weight is 230 g/mol. The van der Waals surface area contributed by atoms with Crippen molar-refractivity contribution >= 4 is 5.97 Å². The van der Waals surface area contributed by atoms with Crippen LogP contribution in [0.4, 0.5) is 0 Å². The second-order valence-corrected chi connectivity index (χ2v) is 3.51. The van der Waals surface area contributed by atoms with E-state index in [2.05, 4.69) is 4.98 Å². The number of rotatable bonds is 3. The summed E-state index contributed by atoms with van der Waals surface area (Å²) in [6.07, 6.45) is 3.10. The number of hydrogen-bond acceptors (Lipinski definition) is 3. The first-order chi connectivity index (χ1) is 8.16. The van der Waals surface area contributed by atoms with Crippen LogP contribution in [0.2, 0.25) is 0 Å². The molecule has 2 heterocycles. The number of carboxylic acids is 1. The Hall–Kier alpha value is -2.43. The zero-order chi connectivity index (χ0) is 12.3. The van der Waals surface area contributed by atoms with Crippen molar-refractivity contribution in [1.82, 2.24) is 9.55 Å². The second-order valence-electron chi connectivity index (χ2n) is 3.51. The van der Waals surface area contributed by atoms with E-state index in [0.717, 1.165) is 11.8 Å². The molecule has 86 valence electrons. The van der Waals surface area contributed by atoms with Gasteiger partial charge in [-0.3, -0.25) is 9.78 Å². The number of pyridine rings is 2. The van der Waals surface area contributed by atoms with E-state index in [1.165, 1.54) is 16.8 Å². The summed E-state index contributed by atoms with van der Waals surface area (Å²) in [5.74, 6) is -1.10. The molecule has 0 amide bonds. The van der Waals surface area contributed by atoms with E-state index in [-0.39, 0.29) is 11.1 Å². The normalized spacial score (nSPS) is 10.1. The number of carbonyl (C=O) groups is 1. The lowest BCUT2D eigenvalue weighted by Crippen LogP contribution is -2.21. The van der Waals surface area contributed by atoms with Crippen LogP contribution in [0.3, 0.4) is 0 Å². The van der Waals surface area contributed by atoms with Crippen LogP contribution >= 0.6 is 0 Å². The lowest BCUT2D eigenvalue weighted by Gasteiger charge is -2.04. The van der Waals surface area contributed by atoms with Crippen molar-refractivity contribution in [3.8, 4) is 0 Å². The third kappa shape index (κ3) is 2.57. The third-order valence-corrected chi connectivity index (χ3v) is 2.30. The predicted octanol–water partition coefficient (Wildman–Crippen LogP) is 0.990. The Balaban J connectivity index is 2.29. The fourth-order valence-corrected chi connectivity index (χ4v) is 1.44. The van der Waals surface area contributed by atoms with Gasteiger partial charge in [0, 0.05) is 18.5 Å². The smallest absolute Gasteiger partial charge is 0.335 e. The fourth-order valence-electron chi connectivity index (χ4n) is 1.44. The van der Waals surface area contributed by atoms with Gasteiger partial charge in [0.1, 0.15) is 0 Å². The molecular formula is C12H10N2O3. The van der Waals surface area contributed by atoms with E-state index in [1.807, 2.05) is 6.07 Å². The standard InChI is InChI=1S/C12H10N2O3/c15-11-7-9(12(16)17)4-6-14(11)8-10-3-1-2-5-13-10/h1-7H,8H2,(H,16,17). The number of nitrogens with zero attached hydrogens (tertiary/aromatic N) is 2. The zero-order valence-electron chi connectivity index (χ0n) is 8.91. The molecule has 2 aromatic rings. The minimum Gasteiger partial charge on any atom is -0.478 e. The van der Waals surface area contributed by atoms with Crippen LogP contribution in [0.25, 0.3) is 0 Å². The van der Waals surface area contributed by atoms with Crippen LogP contribution in [-0.2, 0) is 6.54 Å². The number of hydrogen-bond donors (Lipinski definition) is 1. The first kappa shape index (κ1) is 11.1. The Bertz CT molecular complexity index is 590. The maximum absolute atomic E-state index is 11.6. The van der Waals surface area contributed by atoms with Gasteiger partial charge in [0.05, 0.1) is 17.8 Å². The Morgan fingerprint density at radius 1 is 1.35 bits per heavy atom. The molecule has 2 rings (SSSR count). The molecule has 2 aromatic heterocycles. The Morgan fingerprint density at radius 2 is 2.18 bits per heavy atom. The van der Waals surface area contributed by atoms with Gasteiger partial charge in [0.2, 0.25) is 0 Å². The van der Waals surface area contributed by atoms with Crippen molar-refractivity contribution in [3.05, 3.63) is 64.3 Å². The lowest BCUT2D eigenvalue weighted by atomic mass is 10.2. The average Bonchev–Trinajstić information content (AvgIpc) is 2.33. The summed E-state index contributed by atoms with van der Waals surface area (Å²) in [4.78, 5) is 26.4. The van der Waals surface area contributed by atoms with Crippen LogP contribution in [0.15, 0.2) is 47.5 Å². The predicted molar refractivity (Wildman–Crippen MR) is 61.0 cm³/mol. The molecule has 0 unspecified atom stereocenters. The molecule has 17 heavy (non-hydrogen) atoms. The Kier molecular flexibility index (Phi) is 3.00. The van der Waals surface area contributed by atoms with E-state index >= 15 is 0 Å². The SMILES string of the molecule is O=C(O)c1ccn(Cc2ccccn2)c(=O)c1. The molecule has 5 heteroatoms. The van der Waals surface area contributed by atoms with Crippen molar-refractivity contribution in [2.24, 2.45) is 0 Å². The molecule has 1 N–H and O–H groups in total. The highest BCUT2D eigenvalue weighted by atomic mass is 16.4. The quantitative estimate of drug-likeness (QED) is 0.853. The van der Waals surface area contributed by atoms with Crippen LogP contribution < -0.4 is 5.56 Å². The summed E-state index contributed by atoms with van der Waals surface area (Å²) in [7, 11) is 0. The van der Waals surface area contributed by atoms with Gasteiger partial charge in [-0.25, -0.2) is 4.79 Å². The van der Waals surface area contributed by atoms with Crippen molar-refractivity contribution in [2.45, 2.75) is 6.54 Å². The van der Waals surface area contributed by atoms with E-state index in [0.29, 0.717) is 6.54 Å². The topological polar surface area (TPSA) is 72.2 Å². The van der Waals surface area contributed by atoms with Crippen LogP contribution in [-0.4, -0.2) is 20.6 Å². The maximum Gasteiger partial charge on any atom is 0.335 e. The van der Waals surface area contributed by atoms with E-state index in [4.69, 9.17) is 5.11 Å². The van der Waals surface area contributed by atoms with Crippen molar-refractivity contribution < 1.29 is 9.90 Å². The van der Waals surface area contributed by atoms with Gasteiger partial charge in [-0.1, -0.05) is 6.07 Å². The van der Waals surface area contributed by atoms with Gasteiger partial charge in [-0.2, -0.15) is 0 Å². The summed E-state index contributed by atoms with van der Waals surface area (Å²) in [6, 6.07) is 7.92. The van der Waals surface area contributed by atoms with E-state index in [1.54, 1.807) is 18.3 Å². The van der Waals surface area contributed by atoms with Gasteiger partial charge in [-0.15, -0.1) is 0 Å². The van der Waals surface area contributed by atoms with Crippen LogP contribution in [0, 0.1) is 0 Å². The molecule has 0 aliphatic carbocycles. The van der Waals surface area contributed by atoms with E-state index < -0.39 is 5.97 Å². The van der Waals surface area contributed by atoms with Gasteiger partial charge >= 0.3 is 5.97 Å². The highest BCUT2D eigenvalue weighted by molar-refractivity contribution is 5.87. The van der Waals surface area contributed by atoms with Gasteiger partial charge in [0.25, 0.3) is 5.56 Å². The molecule has 0 aliphatic rings. The first-order valence-electron chi connectivity index (χ1n) is 5.00. The zero-order valence-corrected chi connectivity index (χ0v) is 8.91. The Morgan fingerprint density at radius 3 is 2.76 bits per heavy atom. The van der Waals surface area contributed by atoms with Crippen molar-refractivity contribution in [3.63, 3.8) is 0 Å². The highest BCUT2D eigenvalue weighted by Crippen LogP contribution is 1.98. The minimum absolute atomic E-state index is 0.00716. The molecule has 0 aliphatic heterocycles. The molecule has 5 nitrogen and oxygen atoms in total. The number of aromatic carboxylic acids is 1. The van der Waals surface area contributed by atoms with Gasteiger partial charge in [0.15, 0.2) is 0 Å². The molecule has 0 radical (unpaired) electrons. The molecular weight excluding hydrogens is 220 g/mol. The summed E-state index contributed by atoms with van der Waals surface area (Å²) in [5.41, 5.74) is 0.389. The molecule has 0 spiro atoms. The fraction of sp³-hybridized carbons (Fsp3) is 0.0833. The minimum atomic E-state index is -1.10. The second kappa shape index (κ2) is 4.61. The van der Waals surface area contributed by atoms with Crippen molar-refractivity contribution in [2.75, 3.05) is 0 Å². The molecule has 0 saturated carbocycles. The largest absolute Gasteiger partial charge is 0.478 e. The summed E-state index contributed by atoms with van der Waals surface area (Å²) >= 11 is 0.